The highest BCUT2D eigenvalue weighted by Gasteiger charge is 2.35. The fourth-order valence-electron chi connectivity index (χ4n) is 2.57. The van der Waals surface area contributed by atoms with Gasteiger partial charge < -0.3 is 15.8 Å². The Hall–Kier alpha value is -2.09. The molecule has 2 aromatic heterocycles. The maximum atomic E-state index is 12.9. The third-order valence-electron chi connectivity index (χ3n) is 3.93. The lowest BCUT2D eigenvalue weighted by molar-refractivity contribution is -0.137. The number of nitrogens with zero attached hydrogens (tertiary/aromatic N) is 6. The highest BCUT2D eigenvalue weighted by atomic mass is 32.2. The molecule has 1 aliphatic heterocycles. The number of halogens is 3. The van der Waals surface area contributed by atoms with Crippen molar-refractivity contribution < 1.29 is 18.4 Å². The third-order valence-corrected chi connectivity index (χ3v) is 4.70. The van der Waals surface area contributed by atoms with Crippen molar-refractivity contribution >= 4 is 29.6 Å². The molecule has 0 bridgehead atoms. The molecular weight excluding hydrogens is 385 g/mol. The van der Waals surface area contributed by atoms with Crippen molar-refractivity contribution in [2.24, 2.45) is 0 Å². The molecule has 0 saturated carbocycles. The minimum Gasteiger partial charge on any atom is -0.372 e. The van der Waals surface area contributed by atoms with Crippen LogP contribution in [0.2, 0.25) is 0 Å². The molecule has 0 radical (unpaired) electrons. The molecule has 148 valence electrons. The van der Waals surface area contributed by atoms with Crippen molar-refractivity contribution in [1.29, 1.82) is 0 Å². The number of anilines is 3. The summed E-state index contributed by atoms with van der Waals surface area (Å²) in [5, 5.41) is 19.0. The van der Waals surface area contributed by atoms with Crippen molar-refractivity contribution in [2.45, 2.75) is 19.1 Å². The van der Waals surface area contributed by atoms with Gasteiger partial charge in [-0.2, -0.15) is 23.3 Å². The summed E-state index contributed by atoms with van der Waals surface area (Å²) in [6, 6.07) is 0.146. The smallest absolute Gasteiger partial charge is 0.372 e. The summed E-state index contributed by atoms with van der Waals surface area (Å²) in [7, 11) is 2.91. The molecule has 3 heterocycles. The summed E-state index contributed by atoms with van der Waals surface area (Å²) in [5.41, 5.74) is 0.362. The van der Waals surface area contributed by atoms with Crippen molar-refractivity contribution in [1.82, 2.24) is 28.5 Å². The number of alkyl halides is 3. The molecule has 0 aromatic carbocycles. The number of hydrogen-bond acceptors (Lipinski definition) is 9. The zero-order valence-electron chi connectivity index (χ0n) is 14.8. The molecule has 0 aliphatic carbocycles. The first kappa shape index (κ1) is 19.7. The minimum atomic E-state index is -4.53. The van der Waals surface area contributed by atoms with Gasteiger partial charge in [0.2, 0.25) is 5.95 Å². The number of nitrogens with one attached hydrogen (secondary N) is 2. The van der Waals surface area contributed by atoms with Crippen molar-refractivity contribution in [2.75, 3.05) is 37.8 Å². The normalized spacial score (nSPS) is 15.9. The van der Waals surface area contributed by atoms with Crippen LogP contribution in [0.4, 0.5) is 30.6 Å². The Kier molecular flexibility index (Phi) is 5.46. The van der Waals surface area contributed by atoms with Crippen LogP contribution in [0.1, 0.15) is 17.3 Å². The van der Waals surface area contributed by atoms with E-state index in [-0.39, 0.29) is 17.8 Å². The van der Waals surface area contributed by atoms with Gasteiger partial charge in [-0.25, -0.2) is 9.29 Å². The molecule has 0 unspecified atom stereocenters. The quantitative estimate of drug-likeness (QED) is 0.496. The van der Waals surface area contributed by atoms with Crippen molar-refractivity contribution in [3.8, 4) is 0 Å². The second-order valence-corrected chi connectivity index (χ2v) is 7.19. The Bertz CT molecular complexity index is 806. The van der Waals surface area contributed by atoms with Crippen LogP contribution in [0.25, 0.3) is 0 Å². The lowest BCUT2D eigenvalue weighted by atomic mass is 10.2. The van der Waals surface area contributed by atoms with E-state index in [2.05, 4.69) is 25.7 Å². The van der Waals surface area contributed by atoms with Crippen LogP contribution in [0.3, 0.4) is 0 Å². The highest BCUT2D eigenvalue weighted by Crippen LogP contribution is 2.34. The largest absolute Gasteiger partial charge is 0.421 e. The minimum absolute atomic E-state index is 0.0442. The van der Waals surface area contributed by atoms with Crippen molar-refractivity contribution in [3.63, 3.8) is 0 Å². The van der Waals surface area contributed by atoms with E-state index in [4.69, 9.17) is 0 Å². The Morgan fingerprint density at radius 2 is 2.07 bits per heavy atom. The second-order valence-electron chi connectivity index (χ2n) is 5.98. The van der Waals surface area contributed by atoms with E-state index in [1.807, 2.05) is 4.31 Å². The van der Waals surface area contributed by atoms with Gasteiger partial charge >= 0.3 is 6.18 Å². The van der Waals surface area contributed by atoms with Gasteiger partial charge in [-0.15, -0.1) is 4.47 Å². The van der Waals surface area contributed by atoms with Gasteiger partial charge in [0.15, 0.2) is 0 Å². The summed E-state index contributed by atoms with van der Waals surface area (Å²) >= 11 is 1.21. The zero-order chi connectivity index (χ0) is 19.8. The SMILES string of the molecule is CNc1nc(Nc2cn(C3CN(SN(C)O)C3)nc2C)ncc1C(F)(F)F. The van der Waals surface area contributed by atoms with E-state index in [0.717, 1.165) is 10.7 Å². The summed E-state index contributed by atoms with van der Waals surface area (Å²) < 4.78 is 43.6. The monoisotopic (exact) mass is 404 g/mol. The lowest BCUT2D eigenvalue weighted by Crippen LogP contribution is -2.44. The Morgan fingerprint density at radius 1 is 1.37 bits per heavy atom. The van der Waals surface area contributed by atoms with Crippen LogP contribution in [0, 0.1) is 6.92 Å². The van der Waals surface area contributed by atoms with Gasteiger partial charge in [-0.1, -0.05) is 0 Å². The van der Waals surface area contributed by atoms with Crippen LogP contribution < -0.4 is 10.6 Å². The molecule has 1 fully saturated rings. The topological polar surface area (TPSA) is 94.4 Å². The fourth-order valence-corrected chi connectivity index (χ4v) is 3.38. The Labute approximate surface area is 157 Å². The molecule has 0 amide bonds. The van der Waals surface area contributed by atoms with E-state index >= 15 is 0 Å². The van der Waals surface area contributed by atoms with E-state index < -0.39 is 11.7 Å². The van der Waals surface area contributed by atoms with Crippen LogP contribution in [0.5, 0.6) is 0 Å². The molecule has 13 heteroatoms. The Morgan fingerprint density at radius 3 is 2.67 bits per heavy atom. The zero-order valence-corrected chi connectivity index (χ0v) is 15.6. The number of hydrogen-bond donors (Lipinski definition) is 3. The van der Waals surface area contributed by atoms with E-state index in [1.165, 1.54) is 19.2 Å². The first-order valence-corrected chi connectivity index (χ1v) is 8.70. The molecule has 3 N–H and O–H groups in total. The predicted molar refractivity (Wildman–Crippen MR) is 94.6 cm³/mol. The van der Waals surface area contributed by atoms with Crippen molar-refractivity contribution in [3.05, 3.63) is 23.7 Å². The number of rotatable bonds is 6. The van der Waals surface area contributed by atoms with Gasteiger partial charge in [0.1, 0.15) is 11.4 Å². The predicted octanol–water partition coefficient (Wildman–Crippen LogP) is 2.53. The van der Waals surface area contributed by atoms with Gasteiger partial charge in [0, 0.05) is 51.7 Å². The first-order valence-electron chi connectivity index (χ1n) is 7.97. The highest BCUT2D eigenvalue weighted by molar-refractivity contribution is 7.94. The molecule has 9 nitrogen and oxygen atoms in total. The van der Waals surface area contributed by atoms with E-state index in [0.29, 0.717) is 24.5 Å². The third kappa shape index (κ3) is 4.43. The first-order chi connectivity index (χ1) is 12.7. The molecule has 0 spiro atoms. The van der Waals surface area contributed by atoms with Crippen LogP contribution in [-0.4, -0.2) is 60.9 Å². The number of aromatic nitrogens is 4. The molecule has 3 rings (SSSR count). The second kappa shape index (κ2) is 7.50. The fraction of sp³-hybridized carbons (Fsp3) is 0.500. The molecular formula is C14H19F3N8OS. The standard InChI is InChI=1S/C14H19F3N8OS/c1-8-11(7-25(22-8)9-5-24(6-9)27-23(3)26)20-13-19-4-10(14(15,16)17)12(18-2)21-13/h4,7,9,26H,5-6H2,1-3H3,(H2,18,19,20,21). The number of aryl methyl sites for hydroxylation is 1. The van der Waals surface area contributed by atoms with Gasteiger partial charge in [0.25, 0.3) is 0 Å². The van der Waals surface area contributed by atoms with E-state index in [1.54, 1.807) is 24.9 Å². The molecule has 1 aliphatic rings. The average Bonchev–Trinajstić information content (AvgIpc) is 2.89. The maximum absolute atomic E-state index is 12.9. The summed E-state index contributed by atoms with van der Waals surface area (Å²) in [6.07, 6.45) is -2.02. The summed E-state index contributed by atoms with van der Waals surface area (Å²) in [4.78, 5) is 7.65. The number of hydroxylamine groups is 1. The molecule has 0 atom stereocenters. The molecule has 1 saturated heterocycles. The van der Waals surface area contributed by atoms with Gasteiger partial charge in [-0.05, 0) is 6.92 Å². The maximum Gasteiger partial charge on any atom is 0.421 e. The van der Waals surface area contributed by atoms with Gasteiger partial charge in [-0.3, -0.25) is 4.68 Å². The van der Waals surface area contributed by atoms with Crippen LogP contribution >= 0.6 is 12.1 Å². The summed E-state index contributed by atoms with van der Waals surface area (Å²) in [6.45, 7) is 3.20. The molecule has 2 aromatic rings. The van der Waals surface area contributed by atoms with Gasteiger partial charge in [0.05, 0.1) is 17.4 Å². The Balaban J connectivity index is 1.71. The lowest BCUT2D eigenvalue weighted by Gasteiger charge is -2.38. The van der Waals surface area contributed by atoms with Crippen LogP contribution in [0.15, 0.2) is 12.4 Å². The van der Waals surface area contributed by atoms with Crippen LogP contribution in [-0.2, 0) is 6.18 Å². The summed E-state index contributed by atoms with van der Waals surface area (Å²) in [5.74, 6) is -0.257. The van der Waals surface area contributed by atoms with E-state index in [9.17, 15) is 18.4 Å². The molecule has 27 heavy (non-hydrogen) atoms. The average molecular weight is 404 g/mol.